The van der Waals surface area contributed by atoms with Gasteiger partial charge in [-0.15, -0.1) is 0 Å². The maximum absolute atomic E-state index is 6.10. The van der Waals surface area contributed by atoms with Crippen molar-refractivity contribution in [3.8, 4) is 5.75 Å². The van der Waals surface area contributed by atoms with Gasteiger partial charge in [-0.2, -0.15) is 0 Å². The van der Waals surface area contributed by atoms with Crippen molar-refractivity contribution in [1.82, 2.24) is 9.97 Å². The van der Waals surface area contributed by atoms with E-state index in [1.54, 1.807) is 0 Å². The van der Waals surface area contributed by atoms with Crippen molar-refractivity contribution in [1.29, 1.82) is 0 Å². The van der Waals surface area contributed by atoms with Gasteiger partial charge in [-0.1, -0.05) is 51.7 Å². The summed E-state index contributed by atoms with van der Waals surface area (Å²) in [6.07, 6.45) is 18.8. The molecular weight excluding hydrogens is 368 g/mol. The maximum atomic E-state index is 6.10. The molecule has 0 spiro atoms. The van der Waals surface area contributed by atoms with Crippen molar-refractivity contribution < 1.29 is 4.74 Å². The molecule has 1 aromatic heterocycles. The zero-order valence-corrected chi connectivity index (χ0v) is 19.1. The van der Waals surface area contributed by atoms with Crippen LogP contribution in [0.5, 0.6) is 5.75 Å². The molecule has 0 unspecified atom stereocenters. The minimum atomic E-state index is 0.522. The van der Waals surface area contributed by atoms with E-state index in [4.69, 9.17) is 14.7 Å². The lowest BCUT2D eigenvalue weighted by Crippen LogP contribution is -2.20. The fourth-order valence-corrected chi connectivity index (χ4v) is 4.42. The van der Waals surface area contributed by atoms with Crippen molar-refractivity contribution in [2.24, 2.45) is 5.92 Å². The van der Waals surface area contributed by atoms with Crippen molar-refractivity contribution in [3.63, 3.8) is 0 Å². The molecule has 1 aliphatic rings. The zero-order chi connectivity index (χ0) is 21.0. The minimum absolute atomic E-state index is 0.522. The molecule has 2 aromatic rings. The molecule has 164 valence electrons. The fourth-order valence-electron chi connectivity index (χ4n) is 4.42. The van der Waals surface area contributed by atoms with Crippen LogP contribution >= 0.6 is 0 Å². The van der Waals surface area contributed by atoms with Crippen LogP contribution in [0.1, 0.15) is 101 Å². The van der Waals surface area contributed by atoms with Gasteiger partial charge in [-0.05, 0) is 80.5 Å². The smallest absolute Gasteiger partial charge is 0.131 e. The van der Waals surface area contributed by atoms with E-state index in [1.165, 1.54) is 81.8 Å². The number of nitrogens with zero attached hydrogens (tertiary/aromatic N) is 2. The molecule has 0 bridgehead atoms. The lowest BCUT2D eigenvalue weighted by Gasteiger charge is -2.27. The second-order valence-electron chi connectivity index (χ2n) is 9.04. The Balaban J connectivity index is 1.37. The van der Waals surface area contributed by atoms with Crippen LogP contribution in [0.3, 0.4) is 0 Å². The third-order valence-corrected chi connectivity index (χ3v) is 6.48. The average molecular weight is 409 g/mol. The van der Waals surface area contributed by atoms with Gasteiger partial charge >= 0.3 is 0 Å². The maximum Gasteiger partial charge on any atom is 0.131 e. The highest BCUT2D eigenvalue weighted by Gasteiger charge is 2.24. The summed E-state index contributed by atoms with van der Waals surface area (Å²) in [6, 6.07) is 8.74. The Kier molecular flexibility index (Phi) is 9.66. The number of rotatable bonds is 12. The van der Waals surface area contributed by atoms with Crippen molar-refractivity contribution in [3.05, 3.63) is 53.6 Å². The van der Waals surface area contributed by atoms with E-state index in [9.17, 15) is 0 Å². The number of hydrogen-bond donors (Lipinski definition) is 0. The van der Waals surface area contributed by atoms with Crippen LogP contribution in [-0.2, 0) is 12.8 Å². The Morgan fingerprint density at radius 2 is 1.37 bits per heavy atom. The highest BCUT2D eigenvalue weighted by Crippen LogP contribution is 2.34. The highest BCUT2D eigenvalue weighted by molar-refractivity contribution is 5.27. The van der Waals surface area contributed by atoms with Crippen LogP contribution in [-0.4, -0.2) is 16.6 Å². The summed E-state index contributed by atoms with van der Waals surface area (Å²) >= 11 is 0. The molecule has 1 heterocycles. The van der Waals surface area contributed by atoms with E-state index in [0.717, 1.165) is 24.6 Å². The number of unbranched alkanes of at least 4 members (excludes halogenated alkanes) is 4. The lowest BCUT2D eigenvalue weighted by molar-refractivity contribution is 0.198. The first-order chi connectivity index (χ1) is 14.8. The van der Waals surface area contributed by atoms with Gasteiger partial charge in [0, 0.05) is 18.3 Å². The average Bonchev–Trinajstić information content (AvgIpc) is 2.80. The van der Waals surface area contributed by atoms with Gasteiger partial charge in [-0.25, -0.2) is 9.97 Å². The Morgan fingerprint density at radius 1 is 0.767 bits per heavy atom. The summed E-state index contributed by atoms with van der Waals surface area (Å²) in [5.41, 5.74) is 2.71. The van der Waals surface area contributed by atoms with Crippen LogP contribution in [0.2, 0.25) is 0 Å². The predicted octanol–water partition coefficient (Wildman–Crippen LogP) is 7.29. The first-order valence-corrected chi connectivity index (χ1v) is 12.3. The van der Waals surface area contributed by atoms with Crippen LogP contribution in [0.15, 0.2) is 36.7 Å². The fraction of sp³-hybridized carbons (Fsp3) is 0.630. The minimum Gasteiger partial charge on any atom is -0.493 e. The lowest BCUT2D eigenvalue weighted by atomic mass is 9.82. The standard InChI is InChI=1S/C27H40N2O/c1-3-5-7-9-22-13-17-26(18-14-22)30-21-23-11-15-25(16-12-23)27-28-19-24(20-29-27)10-8-6-4-2/h13-14,17-20,23,25H,3-12,15-16,21H2,1-2H3. The SMILES string of the molecule is CCCCCc1ccc(OCC2CCC(c3ncc(CCCCC)cn3)CC2)cc1. The molecule has 3 heteroatoms. The topological polar surface area (TPSA) is 35.0 Å². The predicted molar refractivity (Wildman–Crippen MR) is 125 cm³/mol. The molecule has 0 atom stereocenters. The van der Waals surface area contributed by atoms with E-state index in [0.29, 0.717) is 11.8 Å². The molecule has 1 fully saturated rings. The molecule has 0 amide bonds. The molecule has 1 aromatic carbocycles. The first kappa shape index (κ1) is 22.8. The largest absolute Gasteiger partial charge is 0.493 e. The third-order valence-electron chi connectivity index (χ3n) is 6.48. The van der Waals surface area contributed by atoms with Gasteiger partial charge in [0.1, 0.15) is 11.6 Å². The van der Waals surface area contributed by atoms with Gasteiger partial charge in [0.2, 0.25) is 0 Å². The van der Waals surface area contributed by atoms with E-state index < -0.39 is 0 Å². The molecule has 3 nitrogen and oxygen atoms in total. The molecule has 0 radical (unpaired) electrons. The molecule has 30 heavy (non-hydrogen) atoms. The van der Waals surface area contributed by atoms with Crippen LogP contribution in [0.25, 0.3) is 0 Å². The molecular formula is C27H40N2O. The van der Waals surface area contributed by atoms with Crippen molar-refractivity contribution in [2.75, 3.05) is 6.61 Å². The van der Waals surface area contributed by atoms with E-state index in [-0.39, 0.29) is 0 Å². The summed E-state index contributed by atoms with van der Waals surface area (Å²) in [5.74, 6) is 3.23. The van der Waals surface area contributed by atoms with E-state index >= 15 is 0 Å². The normalized spacial score (nSPS) is 19.0. The Morgan fingerprint density at radius 3 is 1.97 bits per heavy atom. The first-order valence-electron chi connectivity index (χ1n) is 12.3. The molecule has 1 saturated carbocycles. The Bertz CT molecular complexity index is 703. The summed E-state index contributed by atoms with van der Waals surface area (Å²) in [7, 11) is 0. The van der Waals surface area contributed by atoms with Crippen LogP contribution in [0, 0.1) is 5.92 Å². The monoisotopic (exact) mass is 408 g/mol. The van der Waals surface area contributed by atoms with E-state index in [2.05, 4.69) is 50.5 Å². The molecule has 0 N–H and O–H groups in total. The van der Waals surface area contributed by atoms with E-state index in [1.807, 2.05) is 0 Å². The molecule has 3 rings (SSSR count). The Hall–Kier alpha value is -1.90. The summed E-state index contributed by atoms with van der Waals surface area (Å²) in [4.78, 5) is 9.38. The molecule has 0 saturated heterocycles. The second-order valence-corrected chi connectivity index (χ2v) is 9.04. The van der Waals surface area contributed by atoms with Gasteiger partial charge in [0.25, 0.3) is 0 Å². The van der Waals surface area contributed by atoms with Gasteiger partial charge < -0.3 is 4.74 Å². The summed E-state index contributed by atoms with van der Waals surface area (Å²) in [5, 5.41) is 0. The van der Waals surface area contributed by atoms with Gasteiger partial charge in [0.15, 0.2) is 0 Å². The molecule has 1 aliphatic carbocycles. The summed E-state index contributed by atoms with van der Waals surface area (Å²) in [6.45, 7) is 5.33. The summed E-state index contributed by atoms with van der Waals surface area (Å²) < 4.78 is 6.10. The second kappa shape index (κ2) is 12.7. The molecule has 0 aliphatic heterocycles. The number of benzene rings is 1. The number of aryl methyl sites for hydroxylation is 2. The number of aromatic nitrogens is 2. The highest BCUT2D eigenvalue weighted by atomic mass is 16.5. The number of hydrogen-bond acceptors (Lipinski definition) is 3. The van der Waals surface area contributed by atoms with Crippen LogP contribution < -0.4 is 4.74 Å². The Labute approximate surface area is 183 Å². The third kappa shape index (κ3) is 7.41. The number of ether oxygens (including phenoxy) is 1. The van der Waals surface area contributed by atoms with Gasteiger partial charge in [-0.3, -0.25) is 0 Å². The quantitative estimate of drug-likeness (QED) is 0.346. The van der Waals surface area contributed by atoms with Crippen molar-refractivity contribution >= 4 is 0 Å². The van der Waals surface area contributed by atoms with Crippen molar-refractivity contribution in [2.45, 2.75) is 96.8 Å². The zero-order valence-electron chi connectivity index (χ0n) is 19.1. The van der Waals surface area contributed by atoms with Crippen LogP contribution in [0.4, 0.5) is 0 Å². The van der Waals surface area contributed by atoms with Gasteiger partial charge in [0.05, 0.1) is 6.61 Å².